The highest BCUT2D eigenvalue weighted by molar-refractivity contribution is 5.78. The number of rotatable bonds is 6. The summed E-state index contributed by atoms with van der Waals surface area (Å²) in [5.41, 5.74) is -0.806. The smallest absolute Gasteiger partial charge is 0.416 e. The molecule has 0 aliphatic heterocycles. The normalized spacial score (nSPS) is 17.0. The van der Waals surface area contributed by atoms with E-state index in [0.29, 0.717) is 0 Å². The van der Waals surface area contributed by atoms with Crippen LogP contribution in [0.1, 0.15) is 31.2 Å². The Hall–Kier alpha value is -1.76. The number of carbonyl (C=O) groups excluding carboxylic acids is 1. The fourth-order valence-corrected chi connectivity index (χ4v) is 2.56. The van der Waals surface area contributed by atoms with Crippen LogP contribution in [0.15, 0.2) is 24.3 Å². The van der Waals surface area contributed by atoms with E-state index in [9.17, 15) is 23.1 Å². The summed E-state index contributed by atoms with van der Waals surface area (Å²) in [6.07, 6.45) is -1.60. The summed E-state index contributed by atoms with van der Waals surface area (Å²) in [6, 6.07) is 4.46. The maximum Gasteiger partial charge on any atom is 0.416 e. The van der Waals surface area contributed by atoms with Crippen LogP contribution in [0, 0.1) is 5.92 Å². The Morgan fingerprint density at radius 1 is 1.35 bits per heavy atom. The third kappa shape index (κ3) is 5.42. The van der Waals surface area contributed by atoms with E-state index in [-0.39, 0.29) is 30.7 Å². The molecule has 1 aliphatic carbocycles. The number of ether oxygens (including phenoxy) is 1. The van der Waals surface area contributed by atoms with Crippen molar-refractivity contribution in [3.8, 4) is 5.75 Å². The largest absolute Gasteiger partial charge is 0.491 e. The molecular weight excluding hydrogens is 311 g/mol. The van der Waals surface area contributed by atoms with Gasteiger partial charge in [0.1, 0.15) is 18.5 Å². The second-order valence-electron chi connectivity index (χ2n) is 5.72. The van der Waals surface area contributed by atoms with Gasteiger partial charge in [0.2, 0.25) is 5.91 Å². The van der Waals surface area contributed by atoms with Gasteiger partial charge >= 0.3 is 6.18 Å². The minimum atomic E-state index is -4.44. The summed E-state index contributed by atoms with van der Waals surface area (Å²) in [7, 11) is 0. The highest BCUT2D eigenvalue weighted by Gasteiger charge is 2.30. The van der Waals surface area contributed by atoms with Crippen molar-refractivity contribution in [1.29, 1.82) is 0 Å². The molecule has 1 amide bonds. The Balaban J connectivity index is 1.75. The van der Waals surface area contributed by atoms with E-state index in [0.717, 1.165) is 37.8 Å². The zero-order valence-corrected chi connectivity index (χ0v) is 12.6. The molecule has 0 radical (unpaired) electrons. The maximum atomic E-state index is 12.6. The third-order valence-electron chi connectivity index (χ3n) is 3.84. The quantitative estimate of drug-likeness (QED) is 0.843. The van der Waals surface area contributed by atoms with Gasteiger partial charge in [0.15, 0.2) is 0 Å². The number of carbonyl (C=O) groups is 1. The van der Waals surface area contributed by atoms with Crippen molar-refractivity contribution in [3.63, 3.8) is 0 Å². The number of halogens is 3. The van der Waals surface area contributed by atoms with Crippen LogP contribution in [0.2, 0.25) is 0 Å². The minimum absolute atomic E-state index is 0.00610. The van der Waals surface area contributed by atoms with Crippen LogP contribution in [0.3, 0.4) is 0 Å². The lowest BCUT2D eigenvalue weighted by atomic mass is 10.1. The molecule has 1 aliphatic rings. The zero-order valence-electron chi connectivity index (χ0n) is 12.6. The zero-order chi connectivity index (χ0) is 16.9. The first-order valence-corrected chi connectivity index (χ1v) is 7.62. The topological polar surface area (TPSA) is 58.6 Å². The predicted octanol–water partition coefficient (Wildman–Crippen LogP) is 2.75. The molecule has 1 aromatic rings. The van der Waals surface area contributed by atoms with E-state index in [4.69, 9.17) is 4.74 Å². The van der Waals surface area contributed by atoms with Crippen LogP contribution < -0.4 is 10.1 Å². The molecular formula is C16H20F3NO3. The Kier molecular flexibility index (Phi) is 5.87. The average Bonchev–Trinajstić information content (AvgIpc) is 3.04. The molecule has 1 fully saturated rings. The Morgan fingerprint density at radius 3 is 2.70 bits per heavy atom. The predicted molar refractivity (Wildman–Crippen MR) is 77.9 cm³/mol. The molecule has 128 valence electrons. The molecule has 0 spiro atoms. The monoisotopic (exact) mass is 331 g/mol. The van der Waals surface area contributed by atoms with E-state index in [1.54, 1.807) is 0 Å². The van der Waals surface area contributed by atoms with Gasteiger partial charge in [-0.2, -0.15) is 13.2 Å². The molecule has 2 N–H and O–H groups in total. The number of benzene rings is 1. The molecule has 2 rings (SSSR count). The van der Waals surface area contributed by atoms with Crippen molar-refractivity contribution in [3.05, 3.63) is 29.8 Å². The average molecular weight is 331 g/mol. The molecule has 4 nitrogen and oxygen atoms in total. The molecule has 23 heavy (non-hydrogen) atoms. The van der Waals surface area contributed by atoms with E-state index in [1.807, 2.05) is 0 Å². The Bertz CT molecular complexity index is 528. The summed E-state index contributed by atoms with van der Waals surface area (Å²) < 4.78 is 42.9. The van der Waals surface area contributed by atoms with Crippen LogP contribution in [0.4, 0.5) is 13.2 Å². The highest BCUT2D eigenvalue weighted by atomic mass is 19.4. The highest BCUT2D eigenvalue weighted by Crippen LogP contribution is 2.31. The van der Waals surface area contributed by atoms with Crippen molar-refractivity contribution < 1.29 is 27.8 Å². The van der Waals surface area contributed by atoms with Crippen molar-refractivity contribution >= 4 is 5.91 Å². The lowest BCUT2D eigenvalue weighted by Gasteiger charge is -2.16. The second kappa shape index (κ2) is 7.68. The van der Waals surface area contributed by atoms with E-state index in [1.165, 1.54) is 12.1 Å². The molecule has 0 saturated heterocycles. The maximum absolute atomic E-state index is 12.6. The fraction of sp³-hybridized carbons (Fsp3) is 0.562. The minimum Gasteiger partial charge on any atom is -0.491 e. The Morgan fingerprint density at radius 2 is 2.04 bits per heavy atom. The number of hydrogen-bond acceptors (Lipinski definition) is 3. The number of amides is 1. The van der Waals surface area contributed by atoms with Crippen molar-refractivity contribution in [2.24, 2.45) is 5.92 Å². The van der Waals surface area contributed by atoms with Crippen molar-refractivity contribution in [2.45, 2.75) is 38.0 Å². The first-order valence-electron chi connectivity index (χ1n) is 7.62. The molecule has 0 heterocycles. The van der Waals surface area contributed by atoms with Gasteiger partial charge < -0.3 is 15.2 Å². The number of nitrogens with one attached hydrogen (secondary N) is 1. The third-order valence-corrected chi connectivity index (χ3v) is 3.84. The number of hydrogen-bond donors (Lipinski definition) is 2. The van der Waals surface area contributed by atoms with Crippen molar-refractivity contribution in [2.75, 3.05) is 13.2 Å². The summed E-state index contributed by atoms with van der Waals surface area (Å²) >= 11 is 0. The van der Waals surface area contributed by atoms with Gasteiger partial charge in [-0.1, -0.05) is 18.9 Å². The standard InChI is InChI=1S/C16H20F3NO3/c17-16(18,19)12-6-3-7-14(8-12)23-10-13(21)9-20-15(22)11-4-1-2-5-11/h3,6-8,11,13,21H,1-2,4-5,9-10H2,(H,20,22)/t13-/m1/s1. The molecule has 7 heteroatoms. The molecule has 0 aromatic heterocycles. The first-order chi connectivity index (χ1) is 10.9. The van der Waals surface area contributed by atoms with Crippen LogP contribution >= 0.6 is 0 Å². The molecule has 1 atom stereocenters. The van der Waals surface area contributed by atoms with Gasteiger partial charge in [-0.25, -0.2) is 0 Å². The van der Waals surface area contributed by atoms with Gasteiger partial charge in [-0.05, 0) is 31.0 Å². The molecule has 0 unspecified atom stereocenters. The molecule has 0 bridgehead atoms. The van der Waals surface area contributed by atoms with Gasteiger partial charge in [0.25, 0.3) is 0 Å². The number of alkyl halides is 3. The van der Waals surface area contributed by atoms with E-state index < -0.39 is 17.8 Å². The van der Waals surface area contributed by atoms with Crippen LogP contribution in [-0.4, -0.2) is 30.3 Å². The SMILES string of the molecule is O=C(NC[C@@H](O)COc1cccc(C(F)(F)F)c1)C1CCCC1. The summed E-state index contributed by atoms with van der Waals surface area (Å²) in [5.74, 6) is -0.0480. The van der Waals surface area contributed by atoms with E-state index >= 15 is 0 Å². The lowest BCUT2D eigenvalue weighted by Crippen LogP contribution is -2.37. The lowest BCUT2D eigenvalue weighted by molar-refractivity contribution is -0.137. The van der Waals surface area contributed by atoms with E-state index in [2.05, 4.69) is 5.32 Å². The van der Waals surface area contributed by atoms with Gasteiger partial charge in [-0.3, -0.25) is 4.79 Å². The fourth-order valence-electron chi connectivity index (χ4n) is 2.56. The number of aliphatic hydroxyl groups is 1. The van der Waals surface area contributed by atoms with Gasteiger partial charge in [0.05, 0.1) is 5.56 Å². The summed E-state index contributed by atoms with van der Waals surface area (Å²) in [5, 5.41) is 12.4. The van der Waals surface area contributed by atoms with Gasteiger partial charge in [-0.15, -0.1) is 0 Å². The summed E-state index contributed by atoms with van der Waals surface area (Å²) in [6.45, 7) is -0.166. The van der Waals surface area contributed by atoms with Crippen LogP contribution in [-0.2, 0) is 11.0 Å². The number of aliphatic hydroxyl groups excluding tert-OH is 1. The first kappa shape index (κ1) is 17.6. The second-order valence-corrected chi connectivity index (χ2v) is 5.72. The van der Waals surface area contributed by atoms with Crippen LogP contribution in [0.5, 0.6) is 5.75 Å². The molecule has 1 aromatic carbocycles. The van der Waals surface area contributed by atoms with Gasteiger partial charge in [0, 0.05) is 12.5 Å². The summed E-state index contributed by atoms with van der Waals surface area (Å²) in [4.78, 5) is 11.8. The molecule has 1 saturated carbocycles. The van der Waals surface area contributed by atoms with Crippen LogP contribution in [0.25, 0.3) is 0 Å². The Labute approximate surface area is 132 Å². The van der Waals surface area contributed by atoms with Crippen molar-refractivity contribution in [1.82, 2.24) is 5.32 Å².